The summed E-state index contributed by atoms with van der Waals surface area (Å²) >= 11 is 0. The molecule has 0 aliphatic heterocycles. The summed E-state index contributed by atoms with van der Waals surface area (Å²) in [6, 6.07) is 9.57. The van der Waals surface area contributed by atoms with E-state index in [0.29, 0.717) is 6.04 Å². The molecule has 1 aromatic rings. The van der Waals surface area contributed by atoms with Crippen molar-refractivity contribution in [3.8, 4) is 0 Å². The lowest BCUT2D eigenvalue weighted by Gasteiger charge is -2.23. The lowest BCUT2D eigenvalue weighted by atomic mass is 9.87. The highest BCUT2D eigenvalue weighted by Crippen LogP contribution is 2.21. The number of benzene rings is 1. The van der Waals surface area contributed by atoms with Gasteiger partial charge in [0, 0.05) is 6.04 Å². The number of aryl methyl sites for hydroxylation is 1. The Balaban J connectivity index is 2.61. The molecule has 0 bridgehead atoms. The second-order valence-electron chi connectivity index (χ2n) is 6.75. The minimum absolute atomic E-state index is 0.580. The SMILES string of the molecule is CCCC(C)CC(CNC(C)C)Cc1cccc(C)c1. The van der Waals surface area contributed by atoms with E-state index < -0.39 is 0 Å². The van der Waals surface area contributed by atoms with E-state index in [1.807, 2.05) is 0 Å². The van der Waals surface area contributed by atoms with Gasteiger partial charge in [0.25, 0.3) is 0 Å². The normalized spacial score (nSPS) is 14.5. The standard InChI is InChI=1S/C19H33N/c1-6-8-16(4)12-19(14-20-15(2)3)13-18-10-7-9-17(5)11-18/h7,9-11,15-16,19-20H,6,8,12-14H2,1-5H3. The van der Waals surface area contributed by atoms with Gasteiger partial charge < -0.3 is 5.32 Å². The van der Waals surface area contributed by atoms with Gasteiger partial charge in [-0.3, -0.25) is 0 Å². The molecule has 1 rings (SSSR count). The first kappa shape index (κ1) is 17.2. The molecule has 0 aromatic heterocycles. The summed E-state index contributed by atoms with van der Waals surface area (Å²) in [7, 11) is 0. The third kappa shape index (κ3) is 7.09. The molecule has 0 aliphatic rings. The van der Waals surface area contributed by atoms with Gasteiger partial charge in [0.2, 0.25) is 0 Å². The molecule has 0 aliphatic carbocycles. The van der Waals surface area contributed by atoms with Crippen LogP contribution in [0, 0.1) is 18.8 Å². The second kappa shape index (κ2) is 9.18. The van der Waals surface area contributed by atoms with E-state index in [0.717, 1.165) is 18.4 Å². The zero-order valence-electron chi connectivity index (χ0n) is 14.1. The van der Waals surface area contributed by atoms with Gasteiger partial charge in [-0.1, -0.05) is 70.4 Å². The minimum atomic E-state index is 0.580. The molecule has 0 radical (unpaired) electrons. The summed E-state index contributed by atoms with van der Waals surface area (Å²) in [6.07, 6.45) is 5.19. The molecule has 0 spiro atoms. The van der Waals surface area contributed by atoms with Gasteiger partial charge in [0.15, 0.2) is 0 Å². The average molecular weight is 275 g/mol. The number of hydrogen-bond donors (Lipinski definition) is 1. The van der Waals surface area contributed by atoms with Gasteiger partial charge in [0.05, 0.1) is 0 Å². The van der Waals surface area contributed by atoms with Crippen LogP contribution in [0.5, 0.6) is 0 Å². The van der Waals surface area contributed by atoms with Gasteiger partial charge in [-0.25, -0.2) is 0 Å². The molecule has 2 unspecified atom stereocenters. The van der Waals surface area contributed by atoms with Crippen molar-refractivity contribution in [3.63, 3.8) is 0 Å². The molecule has 0 heterocycles. The third-order valence-corrected chi connectivity index (χ3v) is 3.94. The van der Waals surface area contributed by atoms with Crippen LogP contribution in [-0.2, 0) is 6.42 Å². The summed E-state index contributed by atoms with van der Waals surface area (Å²) < 4.78 is 0. The Bertz CT molecular complexity index is 370. The number of nitrogens with one attached hydrogen (secondary N) is 1. The van der Waals surface area contributed by atoms with Crippen LogP contribution in [0.3, 0.4) is 0 Å². The monoisotopic (exact) mass is 275 g/mol. The lowest BCUT2D eigenvalue weighted by Crippen LogP contribution is -2.30. The zero-order chi connectivity index (χ0) is 15.0. The molecule has 0 fully saturated rings. The van der Waals surface area contributed by atoms with Gasteiger partial charge in [-0.05, 0) is 43.7 Å². The van der Waals surface area contributed by atoms with E-state index in [1.54, 1.807) is 0 Å². The molecule has 20 heavy (non-hydrogen) atoms. The highest BCUT2D eigenvalue weighted by Gasteiger charge is 2.14. The van der Waals surface area contributed by atoms with Crippen molar-refractivity contribution in [2.24, 2.45) is 11.8 Å². The van der Waals surface area contributed by atoms with Crippen molar-refractivity contribution < 1.29 is 0 Å². The molecule has 1 N–H and O–H groups in total. The Morgan fingerprint density at radius 2 is 1.90 bits per heavy atom. The summed E-state index contributed by atoms with van der Waals surface area (Å²) in [5.74, 6) is 1.59. The molecular weight excluding hydrogens is 242 g/mol. The molecule has 1 aromatic carbocycles. The molecule has 0 saturated heterocycles. The lowest BCUT2D eigenvalue weighted by molar-refractivity contribution is 0.345. The molecule has 0 saturated carbocycles. The van der Waals surface area contributed by atoms with Crippen LogP contribution in [0.1, 0.15) is 58.1 Å². The van der Waals surface area contributed by atoms with Crippen molar-refractivity contribution in [3.05, 3.63) is 35.4 Å². The fourth-order valence-corrected chi connectivity index (χ4v) is 2.99. The maximum Gasteiger partial charge on any atom is 0.00104 e. The highest BCUT2D eigenvalue weighted by atomic mass is 14.9. The topological polar surface area (TPSA) is 12.0 Å². The van der Waals surface area contributed by atoms with Crippen molar-refractivity contribution in [2.45, 2.75) is 66.3 Å². The predicted octanol–water partition coefficient (Wildman–Crippen LogP) is 4.98. The molecule has 0 amide bonds. The van der Waals surface area contributed by atoms with Crippen LogP contribution >= 0.6 is 0 Å². The van der Waals surface area contributed by atoms with Gasteiger partial charge in [0.1, 0.15) is 0 Å². The summed E-state index contributed by atoms with van der Waals surface area (Å²) in [5.41, 5.74) is 2.86. The predicted molar refractivity (Wildman–Crippen MR) is 90.2 cm³/mol. The van der Waals surface area contributed by atoms with Crippen LogP contribution in [0.25, 0.3) is 0 Å². The molecule has 2 atom stereocenters. The maximum absolute atomic E-state index is 3.63. The molecule has 1 heteroatoms. The van der Waals surface area contributed by atoms with Gasteiger partial charge >= 0.3 is 0 Å². The summed E-state index contributed by atoms with van der Waals surface area (Å²) in [5, 5.41) is 3.63. The van der Waals surface area contributed by atoms with Crippen molar-refractivity contribution in [1.82, 2.24) is 5.32 Å². The van der Waals surface area contributed by atoms with Crippen LogP contribution in [0.15, 0.2) is 24.3 Å². The first-order chi connectivity index (χ1) is 9.51. The van der Waals surface area contributed by atoms with Crippen LogP contribution in [0.2, 0.25) is 0 Å². The van der Waals surface area contributed by atoms with E-state index >= 15 is 0 Å². The van der Waals surface area contributed by atoms with Crippen LogP contribution in [0.4, 0.5) is 0 Å². The van der Waals surface area contributed by atoms with E-state index in [-0.39, 0.29) is 0 Å². The first-order valence-electron chi connectivity index (χ1n) is 8.30. The molecular formula is C19H33N. The van der Waals surface area contributed by atoms with E-state index in [1.165, 1.54) is 36.8 Å². The number of hydrogen-bond acceptors (Lipinski definition) is 1. The highest BCUT2D eigenvalue weighted by molar-refractivity contribution is 5.22. The fourth-order valence-electron chi connectivity index (χ4n) is 2.99. The Hall–Kier alpha value is -0.820. The molecule has 114 valence electrons. The Morgan fingerprint density at radius 1 is 1.15 bits per heavy atom. The second-order valence-corrected chi connectivity index (χ2v) is 6.75. The maximum atomic E-state index is 3.63. The smallest absolute Gasteiger partial charge is 0.00104 e. The van der Waals surface area contributed by atoms with Crippen LogP contribution < -0.4 is 5.32 Å². The van der Waals surface area contributed by atoms with Crippen molar-refractivity contribution >= 4 is 0 Å². The Morgan fingerprint density at radius 3 is 2.50 bits per heavy atom. The van der Waals surface area contributed by atoms with Gasteiger partial charge in [-0.2, -0.15) is 0 Å². The quantitative estimate of drug-likeness (QED) is 0.670. The van der Waals surface area contributed by atoms with Gasteiger partial charge in [-0.15, -0.1) is 0 Å². The Labute approximate surface area is 126 Å². The fraction of sp³-hybridized carbons (Fsp3) is 0.684. The zero-order valence-corrected chi connectivity index (χ0v) is 14.1. The van der Waals surface area contributed by atoms with Crippen molar-refractivity contribution in [1.29, 1.82) is 0 Å². The minimum Gasteiger partial charge on any atom is -0.314 e. The summed E-state index contributed by atoms with van der Waals surface area (Å²) in [4.78, 5) is 0. The molecule has 1 nitrogen and oxygen atoms in total. The average Bonchev–Trinajstić information content (AvgIpc) is 2.36. The summed E-state index contributed by atoms with van der Waals surface area (Å²) in [6.45, 7) is 12.5. The van der Waals surface area contributed by atoms with E-state index in [2.05, 4.69) is 64.2 Å². The van der Waals surface area contributed by atoms with E-state index in [4.69, 9.17) is 0 Å². The van der Waals surface area contributed by atoms with Crippen molar-refractivity contribution in [2.75, 3.05) is 6.54 Å². The largest absolute Gasteiger partial charge is 0.314 e. The number of rotatable bonds is 9. The van der Waals surface area contributed by atoms with E-state index in [9.17, 15) is 0 Å². The van der Waals surface area contributed by atoms with Crippen LogP contribution in [-0.4, -0.2) is 12.6 Å². The first-order valence-corrected chi connectivity index (χ1v) is 8.30. The Kier molecular flexibility index (Phi) is 7.91. The third-order valence-electron chi connectivity index (χ3n) is 3.94.